The Bertz CT molecular complexity index is 1000. The van der Waals surface area contributed by atoms with Gasteiger partial charge in [0.15, 0.2) is 0 Å². The fraction of sp³-hybridized carbons (Fsp3) is 0.789. The number of rotatable bonds is 0. The lowest BCUT2D eigenvalue weighted by molar-refractivity contribution is 0.0968. The smallest absolute Gasteiger partial charge is 0.115 e. The normalized spacial score (nSPS) is 13.2. The second kappa shape index (κ2) is 63.5. The van der Waals surface area contributed by atoms with E-state index in [-0.39, 0.29) is 0 Å². The van der Waals surface area contributed by atoms with Crippen LogP contribution in [0.25, 0.3) is 0 Å². The summed E-state index contributed by atoms with van der Waals surface area (Å²) in [6, 6.07) is 3.61. The van der Waals surface area contributed by atoms with Gasteiger partial charge in [-0.3, -0.25) is 5.10 Å². The molecule has 13 heteroatoms. The molecule has 0 unspecified atom stereocenters. The third-order valence-corrected chi connectivity index (χ3v) is 4.75. The summed E-state index contributed by atoms with van der Waals surface area (Å²) in [4.78, 5) is 13.8. The van der Waals surface area contributed by atoms with Gasteiger partial charge in [0.05, 0.1) is 31.9 Å². The number of nitrogens with zero attached hydrogens (tertiary/aromatic N) is 6. The summed E-state index contributed by atoms with van der Waals surface area (Å²) in [6.07, 6.45) is 24.7. The van der Waals surface area contributed by atoms with Crippen LogP contribution in [0.3, 0.4) is 0 Å². The Morgan fingerprint density at radius 3 is 0.857 bits per heavy atom. The minimum absolute atomic E-state index is 0.500. The molecule has 0 bridgehead atoms. The first-order valence-electron chi connectivity index (χ1n) is 26.4. The highest BCUT2D eigenvalue weighted by Gasteiger charge is 1.97. The number of aromatic nitrogens is 9. The molecule has 13 nitrogen and oxygen atoms in total. The first-order valence-corrected chi connectivity index (χ1v) is 26.4. The molecule has 4 aromatic rings. The van der Waals surface area contributed by atoms with E-state index < -0.39 is 0 Å². The number of nitrogens with one attached hydrogen (secondary N) is 5. The number of hydrogen-bond donors (Lipinski definition) is 5. The van der Waals surface area contributed by atoms with Crippen LogP contribution in [0, 0.1) is 39.9 Å². The van der Waals surface area contributed by atoms with Gasteiger partial charge in [0.1, 0.15) is 6.33 Å². The second-order valence-corrected chi connectivity index (χ2v) is 23.9. The van der Waals surface area contributed by atoms with Crippen molar-refractivity contribution in [3.63, 3.8) is 0 Å². The molecule has 0 spiro atoms. The van der Waals surface area contributed by atoms with Crippen LogP contribution in [0.2, 0.25) is 0 Å². The summed E-state index contributed by atoms with van der Waals surface area (Å²) in [5.41, 5.74) is 1.50. The van der Waals surface area contributed by atoms with E-state index in [4.69, 9.17) is 9.47 Å². The Hall–Kier alpha value is -3.52. The Morgan fingerprint density at radius 2 is 0.757 bits per heavy atom. The molecule has 3 aliphatic rings. The van der Waals surface area contributed by atoms with Crippen LogP contribution in [-0.4, -0.2) is 98.2 Å². The Morgan fingerprint density at radius 1 is 0.386 bits per heavy atom. The minimum atomic E-state index is 0.500. The van der Waals surface area contributed by atoms with Crippen molar-refractivity contribution < 1.29 is 9.47 Å². The molecule has 7 rings (SSSR count). The molecule has 5 N–H and O–H groups in total. The summed E-state index contributed by atoms with van der Waals surface area (Å²) in [7, 11) is 0. The average molecular weight is 993 g/mol. The molecule has 0 aliphatic carbocycles. The van der Waals surface area contributed by atoms with Crippen LogP contribution in [0.5, 0.6) is 0 Å². The van der Waals surface area contributed by atoms with Crippen molar-refractivity contribution in [1.29, 1.82) is 0 Å². The summed E-state index contributed by atoms with van der Waals surface area (Å²) in [6.45, 7) is 60.6. The van der Waals surface area contributed by atoms with Gasteiger partial charge in [-0.1, -0.05) is 173 Å². The molecule has 0 aromatic carbocycles. The molecule has 0 saturated carbocycles. The molecule has 3 saturated heterocycles. The number of ether oxygens (including phenoxy) is 2. The van der Waals surface area contributed by atoms with Crippen LogP contribution in [0.1, 0.15) is 205 Å². The third-order valence-electron chi connectivity index (χ3n) is 4.75. The first kappa shape index (κ1) is 80.6. The molecule has 0 atom stereocenters. The standard InChI is InChI=1S/C5H11N.C5H10O.3C5H12.C4H4N2.C4H9NO.4C4H10.2C3H4N2.C2H3N3/c2*1-2-4-6-5-3-1;3*1-5(2,3)4;1-2-5-4-6-3-1;1-3-6-4-2-5-1;4*1-4(2)3;1-2-5-3-4-1;2*1-2-4-5-3-1/h6H,1-5H2;1-5H2;3*1-4H3;1-4H;5H,1-4H2;4*4H,1-3H3;2*1-3H,(H,4,5);1-2H,(H,3,4,5). The minimum Gasteiger partial charge on any atom is -0.381 e. The van der Waals surface area contributed by atoms with E-state index in [9.17, 15) is 0 Å². The molecule has 0 amide bonds. The first-order chi connectivity index (χ1) is 32.4. The summed E-state index contributed by atoms with van der Waals surface area (Å²) in [5, 5.41) is 22.0. The number of hydrogen-bond acceptors (Lipinski definition) is 10. The summed E-state index contributed by atoms with van der Waals surface area (Å²) in [5.74, 6) is 3.33. The van der Waals surface area contributed by atoms with Gasteiger partial charge >= 0.3 is 0 Å². The highest BCUT2D eigenvalue weighted by molar-refractivity contribution is 4.74. The molecular weight excluding hydrogens is 871 g/mol. The van der Waals surface area contributed by atoms with Crippen LogP contribution in [0.15, 0.2) is 74.4 Å². The number of piperidine rings is 1. The Balaban J connectivity index is -0.000000122. The Labute approximate surface area is 435 Å². The predicted octanol–water partition coefficient (Wildman–Crippen LogP) is 15.5. The van der Waals surface area contributed by atoms with E-state index in [1.54, 1.807) is 62.0 Å². The molecule has 7 heterocycles. The van der Waals surface area contributed by atoms with Crippen LogP contribution in [0.4, 0.5) is 0 Å². The third kappa shape index (κ3) is 206. The van der Waals surface area contributed by atoms with Crippen LogP contribution >= 0.6 is 0 Å². The van der Waals surface area contributed by atoms with Gasteiger partial charge in [-0.15, -0.1) is 0 Å². The topological polar surface area (TPSA) is 167 Å². The highest BCUT2D eigenvalue weighted by Crippen LogP contribution is 2.09. The summed E-state index contributed by atoms with van der Waals surface area (Å²) < 4.78 is 10.1. The zero-order chi connectivity index (χ0) is 55.4. The zero-order valence-corrected chi connectivity index (χ0v) is 50.6. The highest BCUT2D eigenvalue weighted by atomic mass is 16.5. The Kier molecular flexibility index (Phi) is 73.1. The van der Waals surface area contributed by atoms with E-state index in [1.807, 2.05) is 6.07 Å². The van der Waals surface area contributed by atoms with E-state index >= 15 is 0 Å². The van der Waals surface area contributed by atoms with Gasteiger partial charge in [-0.25, -0.2) is 15.0 Å². The maximum Gasteiger partial charge on any atom is 0.115 e. The van der Waals surface area contributed by atoms with Gasteiger partial charge in [-0.05, 0) is 97.2 Å². The van der Waals surface area contributed by atoms with E-state index in [0.29, 0.717) is 16.2 Å². The second-order valence-electron chi connectivity index (χ2n) is 23.9. The van der Waals surface area contributed by atoms with Crippen molar-refractivity contribution in [3.05, 3.63) is 74.4 Å². The van der Waals surface area contributed by atoms with Gasteiger partial charge in [0.25, 0.3) is 0 Å². The van der Waals surface area contributed by atoms with E-state index in [1.165, 1.54) is 57.9 Å². The van der Waals surface area contributed by atoms with Crippen molar-refractivity contribution in [2.24, 2.45) is 39.9 Å². The van der Waals surface area contributed by atoms with Crippen LogP contribution < -0.4 is 10.6 Å². The predicted molar refractivity (Wildman–Crippen MR) is 308 cm³/mol. The molecule has 0 radical (unpaired) electrons. The number of aromatic amines is 3. The number of imidazole rings is 1. The lowest BCUT2D eigenvalue weighted by Gasteiger charge is -2.10. The van der Waals surface area contributed by atoms with Gasteiger partial charge < -0.3 is 25.1 Å². The lowest BCUT2D eigenvalue weighted by atomic mass is 10.0. The molecule has 70 heavy (non-hydrogen) atoms. The van der Waals surface area contributed by atoms with Gasteiger partial charge in [0.2, 0.25) is 0 Å². The van der Waals surface area contributed by atoms with Crippen LogP contribution in [-0.2, 0) is 9.47 Å². The SMILES string of the molecule is C1CCNCC1.C1CCOCC1.C1COCCN1.CC(C)(C)C.CC(C)(C)C.CC(C)(C)C.CC(C)C.CC(C)C.CC(C)C.CC(C)C.c1c[nH]cn1.c1cn[nH]c1.c1cn[nH]n1.c1cncnc1. The van der Waals surface area contributed by atoms with Crippen molar-refractivity contribution in [1.82, 2.24) is 56.2 Å². The molecular formula is C57H121N11O2. The maximum atomic E-state index is 5.07. The molecule has 4 aromatic heterocycles. The molecule has 416 valence electrons. The van der Waals surface area contributed by atoms with E-state index in [2.05, 4.69) is 222 Å². The average Bonchev–Trinajstić information content (AvgIpc) is 4.11. The van der Waals surface area contributed by atoms with Crippen molar-refractivity contribution in [2.45, 2.75) is 205 Å². The molecule has 3 fully saturated rings. The largest absolute Gasteiger partial charge is 0.381 e. The number of morpholine rings is 1. The zero-order valence-electron chi connectivity index (χ0n) is 50.6. The number of H-pyrrole nitrogens is 3. The molecule has 3 aliphatic heterocycles. The summed E-state index contributed by atoms with van der Waals surface area (Å²) >= 11 is 0. The van der Waals surface area contributed by atoms with Gasteiger partial charge in [-0.2, -0.15) is 20.5 Å². The maximum absolute atomic E-state index is 5.07. The van der Waals surface area contributed by atoms with Gasteiger partial charge in [0, 0.05) is 63.5 Å². The lowest BCUT2D eigenvalue weighted by Crippen LogP contribution is -2.30. The fourth-order valence-electron chi connectivity index (χ4n) is 2.85. The quantitative estimate of drug-likeness (QED) is 0.114. The fourth-order valence-corrected chi connectivity index (χ4v) is 2.85. The van der Waals surface area contributed by atoms with Crippen molar-refractivity contribution in [3.8, 4) is 0 Å². The van der Waals surface area contributed by atoms with Crippen molar-refractivity contribution in [2.75, 3.05) is 52.6 Å². The monoisotopic (exact) mass is 992 g/mol. The van der Waals surface area contributed by atoms with Crippen molar-refractivity contribution >= 4 is 0 Å². The van der Waals surface area contributed by atoms with E-state index in [0.717, 1.165) is 63.2 Å².